The number of carbonyl (C=O) groups is 1. The van der Waals surface area contributed by atoms with Crippen LogP contribution >= 0.6 is 0 Å². The minimum atomic E-state index is -0.393. The van der Waals surface area contributed by atoms with Crippen LogP contribution in [0.3, 0.4) is 0 Å². The van der Waals surface area contributed by atoms with Crippen LogP contribution in [-0.4, -0.2) is 43.4 Å². The van der Waals surface area contributed by atoms with Crippen molar-refractivity contribution in [3.63, 3.8) is 0 Å². The highest BCUT2D eigenvalue weighted by Crippen LogP contribution is 2.51. The zero-order valence-corrected chi connectivity index (χ0v) is 10.5. The van der Waals surface area contributed by atoms with Crippen LogP contribution in [0.2, 0.25) is 0 Å². The molecule has 4 heteroatoms. The van der Waals surface area contributed by atoms with Gasteiger partial charge in [0.05, 0.1) is 0 Å². The Kier molecular flexibility index (Phi) is 2.86. The molecule has 3 atom stereocenters. The number of hydrogen-bond acceptors (Lipinski definition) is 3. The number of ether oxygens (including phenoxy) is 2. The van der Waals surface area contributed by atoms with Crippen LogP contribution in [0, 0.1) is 17.8 Å². The van der Waals surface area contributed by atoms with Crippen LogP contribution in [0.25, 0.3) is 0 Å². The van der Waals surface area contributed by atoms with Gasteiger partial charge < -0.3 is 14.4 Å². The highest BCUT2D eigenvalue weighted by Gasteiger charge is 2.56. The fourth-order valence-electron chi connectivity index (χ4n) is 2.56. The van der Waals surface area contributed by atoms with Gasteiger partial charge in [0.15, 0.2) is 0 Å². The van der Waals surface area contributed by atoms with Crippen molar-refractivity contribution < 1.29 is 14.3 Å². The van der Waals surface area contributed by atoms with E-state index < -0.39 is 5.60 Å². The van der Waals surface area contributed by atoms with Crippen LogP contribution < -0.4 is 0 Å². The summed E-state index contributed by atoms with van der Waals surface area (Å²) < 4.78 is 10.5. The van der Waals surface area contributed by atoms with Crippen LogP contribution in [0.5, 0.6) is 0 Å². The van der Waals surface area contributed by atoms with Crippen molar-refractivity contribution in [1.82, 2.24) is 4.90 Å². The van der Waals surface area contributed by atoms with Crippen molar-refractivity contribution in [3.05, 3.63) is 0 Å². The van der Waals surface area contributed by atoms with E-state index in [9.17, 15) is 4.79 Å². The van der Waals surface area contributed by atoms with Crippen molar-refractivity contribution in [2.75, 3.05) is 26.8 Å². The molecule has 0 radical (unpaired) electrons. The van der Waals surface area contributed by atoms with Gasteiger partial charge in [-0.1, -0.05) is 0 Å². The first-order chi connectivity index (χ1) is 7.42. The van der Waals surface area contributed by atoms with E-state index in [0.29, 0.717) is 17.8 Å². The van der Waals surface area contributed by atoms with Gasteiger partial charge in [0.1, 0.15) is 5.60 Å². The Balaban J connectivity index is 1.78. The Morgan fingerprint density at radius 3 is 2.31 bits per heavy atom. The predicted octanol–water partition coefficient (Wildman–Crippen LogP) is 1.75. The molecule has 4 nitrogen and oxygen atoms in total. The third kappa shape index (κ3) is 2.32. The van der Waals surface area contributed by atoms with E-state index in [-0.39, 0.29) is 6.09 Å². The van der Waals surface area contributed by atoms with E-state index in [1.54, 1.807) is 7.11 Å². The Bertz CT molecular complexity index is 272. The molecule has 0 aromatic heterocycles. The Hall–Kier alpha value is -0.770. The Morgan fingerprint density at radius 2 is 1.88 bits per heavy atom. The topological polar surface area (TPSA) is 38.8 Å². The van der Waals surface area contributed by atoms with Crippen LogP contribution in [0.15, 0.2) is 0 Å². The second kappa shape index (κ2) is 3.91. The SMILES string of the molecule is COC[C@H]1[C@H]2CN(C(=O)OC(C)(C)C)C[C@@H]12. The molecule has 2 rings (SSSR count). The number of methoxy groups -OCH3 is 1. The Morgan fingerprint density at radius 1 is 1.31 bits per heavy atom. The van der Waals surface area contributed by atoms with Crippen molar-refractivity contribution in [2.24, 2.45) is 17.8 Å². The third-order valence-corrected chi connectivity index (χ3v) is 3.38. The maximum absolute atomic E-state index is 11.8. The van der Waals surface area contributed by atoms with E-state index in [4.69, 9.17) is 9.47 Å². The molecule has 0 bridgehead atoms. The van der Waals surface area contributed by atoms with E-state index in [2.05, 4.69) is 0 Å². The van der Waals surface area contributed by atoms with Gasteiger partial charge in [0, 0.05) is 26.8 Å². The molecule has 92 valence electrons. The maximum Gasteiger partial charge on any atom is 0.410 e. The maximum atomic E-state index is 11.8. The molecule has 1 aliphatic heterocycles. The zero-order chi connectivity index (χ0) is 11.9. The fourth-order valence-corrected chi connectivity index (χ4v) is 2.56. The fraction of sp³-hybridized carbons (Fsp3) is 0.917. The number of fused-ring (bicyclic) bond motifs is 1. The molecular weight excluding hydrogens is 206 g/mol. The number of nitrogens with zero attached hydrogens (tertiary/aromatic N) is 1. The van der Waals surface area contributed by atoms with Crippen molar-refractivity contribution in [3.8, 4) is 0 Å². The van der Waals surface area contributed by atoms with Gasteiger partial charge in [-0.05, 0) is 38.5 Å². The zero-order valence-electron chi connectivity index (χ0n) is 10.5. The molecule has 1 heterocycles. The van der Waals surface area contributed by atoms with Gasteiger partial charge in [0.2, 0.25) is 0 Å². The number of amides is 1. The number of carbonyl (C=O) groups excluding carboxylic acids is 1. The average molecular weight is 227 g/mol. The molecule has 0 spiro atoms. The van der Waals surface area contributed by atoms with Gasteiger partial charge in [0.25, 0.3) is 0 Å². The first-order valence-corrected chi connectivity index (χ1v) is 5.89. The van der Waals surface area contributed by atoms with Crippen LogP contribution in [0.1, 0.15) is 20.8 Å². The summed E-state index contributed by atoms with van der Waals surface area (Å²) in [4.78, 5) is 13.6. The molecule has 2 fully saturated rings. The summed E-state index contributed by atoms with van der Waals surface area (Å²) >= 11 is 0. The largest absolute Gasteiger partial charge is 0.444 e. The van der Waals surface area contributed by atoms with Gasteiger partial charge >= 0.3 is 6.09 Å². The smallest absolute Gasteiger partial charge is 0.410 e. The van der Waals surface area contributed by atoms with Crippen molar-refractivity contribution >= 4 is 6.09 Å². The monoisotopic (exact) mass is 227 g/mol. The van der Waals surface area contributed by atoms with Crippen molar-refractivity contribution in [1.29, 1.82) is 0 Å². The standard InChI is InChI=1S/C12H21NO3/c1-12(2,3)16-11(14)13-5-8-9(6-13)10(8)7-15-4/h8-10H,5-7H2,1-4H3/t8-,9+,10-. The van der Waals surface area contributed by atoms with E-state index in [1.807, 2.05) is 25.7 Å². The quantitative estimate of drug-likeness (QED) is 0.721. The molecule has 1 amide bonds. The lowest BCUT2D eigenvalue weighted by atomic mass is 10.2. The highest BCUT2D eigenvalue weighted by molar-refractivity contribution is 5.68. The molecule has 1 aliphatic carbocycles. The van der Waals surface area contributed by atoms with Gasteiger partial charge in [-0.2, -0.15) is 0 Å². The summed E-state index contributed by atoms with van der Waals surface area (Å²) in [7, 11) is 1.74. The molecular formula is C12H21NO3. The lowest BCUT2D eigenvalue weighted by Gasteiger charge is -2.25. The highest BCUT2D eigenvalue weighted by atomic mass is 16.6. The third-order valence-electron chi connectivity index (χ3n) is 3.38. The van der Waals surface area contributed by atoms with E-state index in [1.165, 1.54) is 0 Å². The predicted molar refractivity (Wildman–Crippen MR) is 60.2 cm³/mol. The molecule has 0 aromatic carbocycles. The van der Waals surface area contributed by atoms with Gasteiger partial charge in [-0.15, -0.1) is 0 Å². The summed E-state index contributed by atoms with van der Waals surface area (Å²) in [6, 6.07) is 0. The minimum absolute atomic E-state index is 0.170. The number of hydrogen-bond donors (Lipinski definition) is 0. The van der Waals surface area contributed by atoms with Crippen LogP contribution in [-0.2, 0) is 9.47 Å². The van der Waals surface area contributed by atoms with E-state index in [0.717, 1.165) is 19.7 Å². The summed E-state index contributed by atoms with van der Waals surface area (Å²) in [6.45, 7) is 8.21. The van der Waals surface area contributed by atoms with Gasteiger partial charge in [-0.25, -0.2) is 4.79 Å². The van der Waals surface area contributed by atoms with Crippen LogP contribution in [0.4, 0.5) is 4.79 Å². The number of likely N-dealkylation sites (tertiary alicyclic amines) is 1. The number of piperidine rings is 1. The second-order valence-corrected chi connectivity index (χ2v) is 5.83. The van der Waals surface area contributed by atoms with Gasteiger partial charge in [-0.3, -0.25) is 0 Å². The first kappa shape index (κ1) is 11.7. The molecule has 1 saturated heterocycles. The lowest BCUT2D eigenvalue weighted by molar-refractivity contribution is 0.0256. The summed E-state index contributed by atoms with van der Waals surface area (Å²) in [5.41, 5.74) is -0.393. The average Bonchev–Trinajstić information content (AvgIpc) is 2.60. The van der Waals surface area contributed by atoms with E-state index >= 15 is 0 Å². The first-order valence-electron chi connectivity index (χ1n) is 5.89. The normalized spacial score (nSPS) is 32.5. The summed E-state index contributed by atoms with van der Waals surface area (Å²) in [5, 5.41) is 0. The number of rotatable bonds is 2. The molecule has 0 aromatic rings. The molecule has 1 saturated carbocycles. The lowest BCUT2D eigenvalue weighted by Crippen LogP contribution is -2.37. The summed E-state index contributed by atoms with van der Waals surface area (Å²) in [5.74, 6) is 1.96. The van der Waals surface area contributed by atoms with Crippen molar-refractivity contribution in [2.45, 2.75) is 26.4 Å². The summed E-state index contributed by atoms with van der Waals surface area (Å²) in [6.07, 6.45) is -0.170. The molecule has 0 unspecified atom stereocenters. The Labute approximate surface area is 96.9 Å². The molecule has 2 aliphatic rings. The molecule has 16 heavy (non-hydrogen) atoms. The second-order valence-electron chi connectivity index (χ2n) is 5.83. The minimum Gasteiger partial charge on any atom is -0.444 e. The molecule has 0 N–H and O–H groups in total.